The van der Waals surface area contributed by atoms with E-state index in [9.17, 15) is 0 Å². The summed E-state index contributed by atoms with van der Waals surface area (Å²) in [6.07, 6.45) is 2.42. The highest BCUT2D eigenvalue weighted by atomic mass is 32.1. The molecular weight excluding hydrogens is 224 g/mol. The summed E-state index contributed by atoms with van der Waals surface area (Å²) in [7, 11) is 1.87. The van der Waals surface area contributed by atoms with Gasteiger partial charge >= 0.3 is 0 Å². The Bertz CT molecular complexity index is 389. The van der Waals surface area contributed by atoms with Gasteiger partial charge in [-0.3, -0.25) is 0 Å². The van der Waals surface area contributed by atoms with Crippen molar-refractivity contribution < 1.29 is 0 Å². The minimum Gasteiger partial charge on any atom is -0.385 e. The molecule has 0 saturated heterocycles. The Morgan fingerprint density at radius 3 is 2.27 bits per heavy atom. The molecule has 0 aromatic heterocycles. The molecule has 2 nitrogen and oxygen atoms in total. The third-order valence-electron chi connectivity index (χ3n) is 2.42. The van der Waals surface area contributed by atoms with E-state index in [4.69, 9.17) is 24.4 Å². The number of anilines is 2. The normalized spacial score (nSPS) is 10.9. The van der Waals surface area contributed by atoms with Gasteiger partial charge in [0.25, 0.3) is 0 Å². The highest BCUT2D eigenvalue weighted by Gasteiger charge is 2.11. The van der Waals surface area contributed by atoms with Crippen LogP contribution in [0.2, 0.25) is 0 Å². The molecule has 1 rings (SSSR count). The Hall–Kier alpha value is -0.480. The quantitative estimate of drug-likeness (QED) is 0.583. The molecule has 0 heterocycles. The SMILES string of the molecule is CNc1c(NCCCC(C)C)c(=S)c1=S. The Balaban J connectivity index is 2.42. The van der Waals surface area contributed by atoms with Gasteiger partial charge in [0, 0.05) is 13.6 Å². The third-order valence-corrected chi connectivity index (χ3v) is 3.37. The molecule has 0 amide bonds. The van der Waals surface area contributed by atoms with Crippen LogP contribution < -0.4 is 10.6 Å². The minimum atomic E-state index is 0.763. The van der Waals surface area contributed by atoms with Gasteiger partial charge in [-0.15, -0.1) is 0 Å². The maximum absolute atomic E-state index is 5.17. The van der Waals surface area contributed by atoms with E-state index in [1.165, 1.54) is 12.8 Å². The zero-order chi connectivity index (χ0) is 11.4. The smallest absolute Gasteiger partial charge is 0.0832 e. The number of hydrogen-bond acceptors (Lipinski definition) is 4. The molecule has 0 radical (unpaired) electrons. The Kier molecular flexibility index (Phi) is 4.67. The molecule has 0 fully saturated rings. The molecule has 15 heavy (non-hydrogen) atoms. The first-order valence-electron chi connectivity index (χ1n) is 5.32. The summed E-state index contributed by atoms with van der Waals surface area (Å²) in [6.45, 7) is 5.45. The van der Waals surface area contributed by atoms with Crippen LogP contribution in [-0.4, -0.2) is 13.6 Å². The molecule has 2 N–H and O–H groups in total. The van der Waals surface area contributed by atoms with E-state index in [1.807, 2.05) is 7.05 Å². The summed E-state index contributed by atoms with van der Waals surface area (Å²) in [5, 5.41) is 6.41. The lowest BCUT2D eigenvalue weighted by Gasteiger charge is -2.16. The molecule has 0 spiro atoms. The second-order valence-corrected chi connectivity index (χ2v) is 4.94. The van der Waals surface area contributed by atoms with Crippen LogP contribution >= 0.6 is 24.4 Å². The van der Waals surface area contributed by atoms with Gasteiger partial charge in [-0.2, -0.15) is 0 Å². The van der Waals surface area contributed by atoms with Crippen molar-refractivity contribution in [2.24, 2.45) is 5.92 Å². The molecule has 0 unspecified atom stereocenters. The number of hydrogen-bond donors (Lipinski definition) is 2. The molecule has 84 valence electrons. The van der Waals surface area contributed by atoms with Crippen molar-refractivity contribution in [3.05, 3.63) is 9.02 Å². The van der Waals surface area contributed by atoms with E-state index >= 15 is 0 Å². The molecule has 0 aliphatic rings. The maximum atomic E-state index is 5.17. The lowest BCUT2D eigenvalue weighted by molar-refractivity contribution is 0.567. The molecule has 1 aromatic rings. The first kappa shape index (κ1) is 12.6. The predicted octanol–water partition coefficient (Wildman–Crippen LogP) is 3.91. The second-order valence-electron chi connectivity index (χ2n) is 4.12. The van der Waals surface area contributed by atoms with Crippen molar-refractivity contribution in [1.82, 2.24) is 0 Å². The molecule has 0 aliphatic carbocycles. The van der Waals surface area contributed by atoms with Gasteiger partial charge in [0.05, 0.1) is 20.4 Å². The Morgan fingerprint density at radius 2 is 1.73 bits per heavy atom. The summed E-state index contributed by atoms with van der Waals surface area (Å²) >= 11 is 10.3. The molecule has 0 atom stereocenters. The van der Waals surface area contributed by atoms with E-state index in [-0.39, 0.29) is 0 Å². The van der Waals surface area contributed by atoms with Gasteiger partial charge in [-0.25, -0.2) is 0 Å². The predicted molar refractivity (Wildman–Crippen MR) is 72.6 cm³/mol. The van der Waals surface area contributed by atoms with Crippen LogP contribution in [0.1, 0.15) is 26.7 Å². The molecular formula is C11H18N2S2. The van der Waals surface area contributed by atoms with Crippen LogP contribution in [0.3, 0.4) is 0 Å². The Labute approximate surface area is 102 Å². The fourth-order valence-electron chi connectivity index (χ4n) is 1.52. The Morgan fingerprint density at radius 1 is 1.13 bits per heavy atom. The zero-order valence-corrected chi connectivity index (χ0v) is 11.1. The van der Waals surface area contributed by atoms with Gasteiger partial charge in [0.15, 0.2) is 0 Å². The second kappa shape index (κ2) is 5.56. The average molecular weight is 242 g/mol. The van der Waals surface area contributed by atoms with Crippen molar-refractivity contribution in [2.45, 2.75) is 26.7 Å². The summed E-state index contributed by atoms with van der Waals surface area (Å²) in [5.41, 5.74) is 2.03. The average Bonchev–Trinajstić information content (AvgIpc) is 2.21. The fraction of sp³-hybridized carbons (Fsp3) is 0.636. The van der Waals surface area contributed by atoms with Crippen molar-refractivity contribution >= 4 is 35.8 Å². The third kappa shape index (κ3) is 2.98. The van der Waals surface area contributed by atoms with E-state index in [2.05, 4.69) is 24.5 Å². The van der Waals surface area contributed by atoms with Gasteiger partial charge in [-0.1, -0.05) is 38.3 Å². The van der Waals surface area contributed by atoms with Crippen LogP contribution in [0.15, 0.2) is 0 Å². The molecule has 1 aromatic carbocycles. The fourth-order valence-corrected chi connectivity index (χ4v) is 2.10. The number of rotatable bonds is 6. The zero-order valence-electron chi connectivity index (χ0n) is 9.52. The van der Waals surface area contributed by atoms with Gasteiger partial charge in [0.2, 0.25) is 0 Å². The highest BCUT2D eigenvalue weighted by Crippen LogP contribution is 2.31. The molecule has 4 heteroatoms. The minimum absolute atomic E-state index is 0.763. The van der Waals surface area contributed by atoms with E-state index in [0.717, 1.165) is 32.9 Å². The van der Waals surface area contributed by atoms with E-state index in [0.29, 0.717) is 0 Å². The summed E-state index contributed by atoms with van der Waals surface area (Å²) in [4.78, 5) is 0. The summed E-state index contributed by atoms with van der Waals surface area (Å²) in [5.74, 6) is 0.763. The lowest BCUT2D eigenvalue weighted by atomic mass is 10.1. The summed E-state index contributed by atoms with van der Waals surface area (Å²) in [6, 6.07) is 0. The summed E-state index contributed by atoms with van der Waals surface area (Å²) < 4.78 is 1.60. The highest BCUT2D eigenvalue weighted by molar-refractivity contribution is 7.74. The van der Waals surface area contributed by atoms with Crippen LogP contribution in [0.4, 0.5) is 11.4 Å². The lowest BCUT2D eigenvalue weighted by Crippen LogP contribution is -2.09. The first-order chi connectivity index (χ1) is 7.07. The van der Waals surface area contributed by atoms with Gasteiger partial charge < -0.3 is 10.6 Å². The van der Waals surface area contributed by atoms with Crippen LogP contribution in [0.5, 0.6) is 0 Å². The van der Waals surface area contributed by atoms with Crippen molar-refractivity contribution in [3.8, 4) is 0 Å². The topological polar surface area (TPSA) is 24.1 Å². The van der Waals surface area contributed by atoms with E-state index in [1.54, 1.807) is 0 Å². The molecule has 0 saturated carbocycles. The van der Waals surface area contributed by atoms with Crippen molar-refractivity contribution in [3.63, 3.8) is 0 Å². The van der Waals surface area contributed by atoms with Crippen molar-refractivity contribution in [2.75, 3.05) is 24.2 Å². The van der Waals surface area contributed by atoms with Crippen molar-refractivity contribution in [1.29, 1.82) is 0 Å². The monoisotopic (exact) mass is 242 g/mol. The maximum Gasteiger partial charge on any atom is 0.0832 e. The van der Waals surface area contributed by atoms with Crippen LogP contribution in [0, 0.1) is 14.9 Å². The molecule has 0 bridgehead atoms. The largest absolute Gasteiger partial charge is 0.385 e. The van der Waals surface area contributed by atoms with E-state index < -0.39 is 0 Å². The van der Waals surface area contributed by atoms with Crippen LogP contribution in [-0.2, 0) is 0 Å². The number of nitrogens with one attached hydrogen (secondary N) is 2. The molecule has 0 aliphatic heterocycles. The first-order valence-corrected chi connectivity index (χ1v) is 6.14. The van der Waals surface area contributed by atoms with Gasteiger partial charge in [-0.05, 0) is 18.8 Å². The van der Waals surface area contributed by atoms with Crippen LogP contribution in [0.25, 0.3) is 0 Å². The van der Waals surface area contributed by atoms with Gasteiger partial charge in [0.1, 0.15) is 0 Å². The standard InChI is InChI=1S/C11H18N2S2/c1-7(2)5-4-6-13-9-8(12-3)10(14)11(9)15/h7,12-13H,4-6H2,1-3H3.